The molecule has 0 rings (SSSR count). The van der Waals surface area contributed by atoms with Gasteiger partial charge in [0.05, 0.1) is 39.9 Å². The van der Waals surface area contributed by atoms with Crippen LogP contribution in [0.5, 0.6) is 0 Å². The fourth-order valence-electron chi connectivity index (χ4n) is 10.5. The third-order valence-corrected chi connectivity index (χ3v) is 17.2. The molecule has 0 aromatic carbocycles. The number of phosphoric acid groups is 1. The minimum atomic E-state index is -4.62. The Bertz CT molecular complexity index is 1790. The molecular formula is C78H141N2O6P. The molecule has 0 heterocycles. The summed E-state index contributed by atoms with van der Waals surface area (Å²) >= 11 is 0. The molecule has 3 unspecified atom stereocenters. The summed E-state index contributed by atoms with van der Waals surface area (Å²) < 4.78 is 23.4. The molecule has 87 heavy (non-hydrogen) atoms. The lowest BCUT2D eigenvalue weighted by molar-refractivity contribution is -0.870. The molecule has 2 N–H and O–H groups in total. The van der Waals surface area contributed by atoms with E-state index >= 15 is 0 Å². The van der Waals surface area contributed by atoms with Crippen LogP contribution in [0.1, 0.15) is 328 Å². The number of nitrogens with zero attached hydrogens (tertiary/aromatic N) is 1. The number of carbonyl (C=O) groups excluding carboxylic acids is 1. The fourth-order valence-corrected chi connectivity index (χ4v) is 11.3. The minimum absolute atomic E-state index is 0.0112. The van der Waals surface area contributed by atoms with Crippen molar-refractivity contribution in [3.63, 3.8) is 0 Å². The molecule has 0 aromatic heterocycles. The van der Waals surface area contributed by atoms with E-state index in [-0.39, 0.29) is 12.5 Å². The Morgan fingerprint density at radius 1 is 0.414 bits per heavy atom. The van der Waals surface area contributed by atoms with Crippen molar-refractivity contribution in [3.05, 3.63) is 109 Å². The molecule has 1 amide bonds. The molecular weight excluding hydrogens is 1090 g/mol. The zero-order chi connectivity index (χ0) is 63.4. The number of aliphatic hydroxyl groups excluding tert-OH is 1. The summed E-state index contributed by atoms with van der Waals surface area (Å²) in [7, 11) is 1.24. The van der Waals surface area contributed by atoms with Gasteiger partial charge >= 0.3 is 0 Å². The monoisotopic (exact) mass is 1230 g/mol. The molecule has 9 heteroatoms. The molecule has 0 saturated heterocycles. The molecule has 0 aliphatic heterocycles. The number of aliphatic hydroxyl groups is 1. The first-order valence-corrected chi connectivity index (χ1v) is 38.2. The van der Waals surface area contributed by atoms with Crippen molar-refractivity contribution < 1.29 is 32.9 Å². The first-order valence-electron chi connectivity index (χ1n) is 36.7. The summed E-state index contributed by atoms with van der Waals surface area (Å²) in [5.74, 6) is -0.209. The summed E-state index contributed by atoms with van der Waals surface area (Å²) in [6.45, 7) is 4.54. The summed E-state index contributed by atoms with van der Waals surface area (Å²) in [6.07, 6.45) is 99.4. The summed E-state index contributed by atoms with van der Waals surface area (Å²) in [5.41, 5.74) is 0. The van der Waals surface area contributed by atoms with Gasteiger partial charge in [0, 0.05) is 6.42 Å². The number of allylic oxidation sites excluding steroid dienone is 17. The van der Waals surface area contributed by atoms with Crippen molar-refractivity contribution in [1.82, 2.24) is 5.32 Å². The van der Waals surface area contributed by atoms with Crippen LogP contribution in [-0.2, 0) is 18.4 Å². The zero-order valence-electron chi connectivity index (χ0n) is 57.7. The maximum atomic E-state index is 13.0. The van der Waals surface area contributed by atoms with Crippen LogP contribution < -0.4 is 10.2 Å². The van der Waals surface area contributed by atoms with Gasteiger partial charge in [-0.1, -0.05) is 335 Å². The van der Waals surface area contributed by atoms with Gasteiger partial charge in [-0.25, -0.2) is 0 Å². The zero-order valence-corrected chi connectivity index (χ0v) is 58.6. The van der Waals surface area contributed by atoms with Crippen molar-refractivity contribution in [1.29, 1.82) is 0 Å². The van der Waals surface area contributed by atoms with E-state index < -0.39 is 26.6 Å². The van der Waals surface area contributed by atoms with Gasteiger partial charge in [-0.15, -0.1) is 0 Å². The number of hydrogen-bond acceptors (Lipinski definition) is 6. The smallest absolute Gasteiger partial charge is 0.268 e. The van der Waals surface area contributed by atoms with E-state index in [1.54, 1.807) is 6.08 Å². The maximum absolute atomic E-state index is 13.0. The lowest BCUT2D eigenvalue weighted by Crippen LogP contribution is -2.45. The number of hydrogen-bond donors (Lipinski definition) is 2. The number of carbonyl (C=O) groups is 1. The second kappa shape index (κ2) is 67.6. The number of rotatable bonds is 67. The average molecular weight is 1230 g/mol. The molecule has 0 bridgehead atoms. The molecule has 0 aliphatic carbocycles. The van der Waals surface area contributed by atoms with Crippen LogP contribution in [-0.4, -0.2) is 68.5 Å². The Morgan fingerprint density at radius 2 is 0.713 bits per heavy atom. The number of phosphoric ester groups is 1. The Labute approximate surface area is 540 Å². The molecule has 0 spiro atoms. The van der Waals surface area contributed by atoms with E-state index in [0.717, 1.165) is 83.5 Å². The number of unbranched alkanes of at least 4 members (excludes halogenated alkanes) is 38. The SMILES string of the molecule is CC/C=C\C/C=C\C/C=C\C/C=C\C/C=C\C/C=C\CCCCCCCCCCCCCCCCCCCCCCC(=O)NC(COP(=O)([O-])OCC[N+](C)(C)C)C(O)/C=C/CC/C=C/CC/C=C/CCCCCCCCCCCCCCCCCC. The van der Waals surface area contributed by atoms with E-state index in [0.29, 0.717) is 17.4 Å². The molecule has 504 valence electrons. The number of quaternary nitrogens is 1. The highest BCUT2D eigenvalue weighted by Crippen LogP contribution is 2.38. The van der Waals surface area contributed by atoms with Gasteiger partial charge in [0.2, 0.25) is 5.91 Å². The molecule has 0 saturated carbocycles. The quantitative estimate of drug-likeness (QED) is 0.0272. The molecule has 8 nitrogen and oxygen atoms in total. The topological polar surface area (TPSA) is 108 Å². The predicted octanol–water partition coefficient (Wildman–Crippen LogP) is 23.2. The Kier molecular flexibility index (Phi) is 65.3. The van der Waals surface area contributed by atoms with Crippen molar-refractivity contribution in [3.8, 4) is 0 Å². The Morgan fingerprint density at radius 3 is 1.07 bits per heavy atom. The highest BCUT2D eigenvalue weighted by Gasteiger charge is 2.23. The third-order valence-electron chi connectivity index (χ3n) is 16.2. The predicted molar refractivity (Wildman–Crippen MR) is 380 cm³/mol. The first kappa shape index (κ1) is 84.2. The lowest BCUT2D eigenvalue weighted by atomic mass is 10.0. The highest BCUT2D eigenvalue weighted by atomic mass is 31.2. The van der Waals surface area contributed by atoms with E-state index in [1.165, 1.54) is 225 Å². The van der Waals surface area contributed by atoms with Crippen molar-refractivity contribution in [2.75, 3.05) is 40.9 Å². The van der Waals surface area contributed by atoms with E-state index in [1.807, 2.05) is 27.2 Å². The standard InChI is InChI=1S/C78H141N2O6P/c1-6-8-10-12-14-16-18-20-22-24-26-28-30-32-34-35-36-37-38-39-40-41-42-43-44-45-46-48-50-52-54-56-58-60-62-64-66-68-70-72-78(82)79-76(75-86-87(83,84)85-74-73-80(3,4)5)77(81)71-69-67-65-63-61-59-57-55-53-51-49-47-33-31-29-27-25-23-21-19-17-15-13-11-9-7-2/h8,10,14,16,20,22,26,28,32,34,36-37,53,55,61,63,69,71,76-77,81H,6-7,9,11-13,15,17-19,21,23-25,27,29-31,33,35,38-52,54,56-60,62,64-68,70,72-75H2,1-5H3,(H-,79,82,83,84)/b10-8-,16-14-,22-20-,28-26-,34-32-,37-36-,55-53+,63-61+,71-69+. The van der Waals surface area contributed by atoms with E-state index in [4.69, 9.17) is 9.05 Å². The molecule has 0 fully saturated rings. The first-order chi connectivity index (χ1) is 42.5. The summed E-state index contributed by atoms with van der Waals surface area (Å²) in [5, 5.41) is 13.9. The Balaban J connectivity index is 4.05. The van der Waals surface area contributed by atoms with E-state index in [9.17, 15) is 19.4 Å². The average Bonchev–Trinajstić information content (AvgIpc) is 3.69. The van der Waals surface area contributed by atoms with Gasteiger partial charge < -0.3 is 28.8 Å². The normalized spacial score (nSPS) is 14.2. The van der Waals surface area contributed by atoms with Gasteiger partial charge in [0.15, 0.2) is 0 Å². The molecule has 0 aliphatic rings. The number of amides is 1. The molecule has 0 aromatic rings. The number of likely N-dealkylation sites (N-methyl/N-ethyl adjacent to an activating group) is 1. The van der Waals surface area contributed by atoms with Crippen LogP contribution in [0.4, 0.5) is 0 Å². The van der Waals surface area contributed by atoms with Crippen molar-refractivity contribution in [2.24, 2.45) is 0 Å². The van der Waals surface area contributed by atoms with Gasteiger partial charge in [-0.2, -0.15) is 0 Å². The highest BCUT2D eigenvalue weighted by molar-refractivity contribution is 7.45. The number of nitrogens with one attached hydrogen (secondary N) is 1. The van der Waals surface area contributed by atoms with Gasteiger partial charge in [-0.05, 0) is 96.3 Å². The van der Waals surface area contributed by atoms with Crippen molar-refractivity contribution in [2.45, 2.75) is 341 Å². The fraction of sp³-hybridized carbons (Fsp3) is 0.756. The van der Waals surface area contributed by atoms with Crippen LogP contribution in [0.15, 0.2) is 109 Å². The van der Waals surface area contributed by atoms with Crippen LogP contribution in [0.25, 0.3) is 0 Å². The van der Waals surface area contributed by atoms with Crippen LogP contribution in [0.2, 0.25) is 0 Å². The molecule has 3 atom stereocenters. The second-order valence-electron chi connectivity index (χ2n) is 25.9. The molecule has 0 radical (unpaired) electrons. The summed E-state index contributed by atoms with van der Waals surface area (Å²) in [4.78, 5) is 25.6. The largest absolute Gasteiger partial charge is 0.756 e. The van der Waals surface area contributed by atoms with Crippen molar-refractivity contribution >= 4 is 13.7 Å². The van der Waals surface area contributed by atoms with Gasteiger partial charge in [0.25, 0.3) is 7.82 Å². The van der Waals surface area contributed by atoms with Gasteiger partial charge in [0.1, 0.15) is 13.2 Å². The van der Waals surface area contributed by atoms with Gasteiger partial charge in [-0.3, -0.25) is 9.36 Å². The summed E-state index contributed by atoms with van der Waals surface area (Å²) in [6, 6.07) is -0.916. The van der Waals surface area contributed by atoms with Crippen LogP contribution in [0.3, 0.4) is 0 Å². The maximum Gasteiger partial charge on any atom is 0.268 e. The minimum Gasteiger partial charge on any atom is -0.756 e. The van der Waals surface area contributed by atoms with Crippen LogP contribution >= 0.6 is 7.82 Å². The third kappa shape index (κ3) is 70.5. The van der Waals surface area contributed by atoms with E-state index in [2.05, 4.69) is 116 Å². The van der Waals surface area contributed by atoms with Crippen LogP contribution in [0, 0.1) is 0 Å². The second-order valence-corrected chi connectivity index (χ2v) is 27.3. The lowest BCUT2D eigenvalue weighted by Gasteiger charge is -2.29. The Hall–Kier alpha value is -2.84.